The molecule has 138 valence electrons. The van der Waals surface area contributed by atoms with E-state index in [4.69, 9.17) is 5.73 Å². The number of para-hydroxylation sites is 1. The van der Waals surface area contributed by atoms with E-state index < -0.39 is 18.0 Å². The summed E-state index contributed by atoms with van der Waals surface area (Å²) in [7, 11) is 1.70. The predicted molar refractivity (Wildman–Crippen MR) is 101 cm³/mol. The van der Waals surface area contributed by atoms with Crippen molar-refractivity contribution in [1.82, 2.24) is 20.2 Å². The number of aromatic nitrogens is 2. The molecule has 27 heavy (non-hydrogen) atoms. The molecule has 0 spiro atoms. The summed E-state index contributed by atoms with van der Waals surface area (Å²) < 4.78 is 0. The lowest BCUT2D eigenvalue weighted by molar-refractivity contribution is -0.125. The number of benzene rings is 2. The van der Waals surface area contributed by atoms with E-state index in [9.17, 15) is 14.4 Å². The van der Waals surface area contributed by atoms with Gasteiger partial charge in [-0.2, -0.15) is 0 Å². The van der Waals surface area contributed by atoms with Crippen molar-refractivity contribution in [2.45, 2.75) is 12.6 Å². The highest BCUT2D eigenvalue weighted by atomic mass is 16.2. The van der Waals surface area contributed by atoms with Crippen LogP contribution in [0.3, 0.4) is 0 Å². The van der Waals surface area contributed by atoms with E-state index >= 15 is 0 Å². The molecule has 0 aliphatic heterocycles. The standard InChI is InChI=1S/C19H19N5O3/c1-24(11-15-21-14-10-6-5-9-13(14)17(25)22-15)16(18(26)23-19(20)27)12-7-3-2-4-8-12/h2-10,16H,11H2,1H3,(H,21,22,25)(H3,20,23,26,27)/t16-/m0/s1. The van der Waals surface area contributed by atoms with E-state index in [1.165, 1.54) is 0 Å². The first-order chi connectivity index (χ1) is 13.0. The second kappa shape index (κ2) is 7.79. The molecule has 4 N–H and O–H groups in total. The maximum Gasteiger partial charge on any atom is 0.318 e. The van der Waals surface area contributed by atoms with Crippen molar-refractivity contribution >= 4 is 22.8 Å². The quantitative estimate of drug-likeness (QED) is 0.629. The Balaban J connectivity index is 1.92. The fourth-order valence-corrected chi connectivity index (χ4v) is 2.97. The number of primary amides is 1. The molecule has 3 rings (SSSR count). The van der Waals surface area contributed by atoms with Crippen LogP contribution in [-0.4, -0.2) is 33.9 Å². The minimum absolute atomic E-state index is 0.186. The summed E-state index contributed by atoms with van der Waals surface area (Å²) in [6.07, 6.45) is 0. The van der Waals surface area contributed by atoms with E-state index in [1.807, 2.05) is 6.07 Å². The van der Waals surface area contributed by atoms with Gasteiger partial charge in [-0.15, -0.1) is 0 Å². The van der Waals surface area contributed by atoms with Gasteiger partial charge in [0.05, 0.1) is 17.4 Å². The highest BCUT2D eigenvalue weighted by molar-refractivity contribution is 5.96. The van der Waals surface area contributed by atoms with Crippen LogP contribution >= 0.6 is 0 Å². The fraction of sp³-hybridized carbons (Fsp3) is 0.158. The number of nitrogens with one attached hydrogen (secondary N) is 2. The Bertz CT molecular complexity index is 1030. The van der Waals surface area contributed by atoms with E-state index in [1.54, 1.807) is 60.5 Å². The van der Waals surface area contributed by atoms with Crippen LogP contribution in [0, 0.1) is 0 Å². The van der Waals surface area contributed by atoms with Gasteiger partial charge in [0, 0.05) is 0 Å². The number of nitrogens with two attached hydrogens (primary N) is 1. The van der Waals surface area contributed by atoms with E-state index in [-0.39, 0.29) is 12.1 Å². The monoisotopic (exact) mass is 365 g/mol. The Morgan fingerprint density at radius 2 is 1.81 bits per heavy atom. The van der Waals surface area contributed by atoms with Gasteiger partial charge in [-0.25, -0.2) is 9.78 Å². The average molecular weight is 365 g/mol. The van der Waals surface area contributed by atoms with Crippen molar-refractivity contribution in [2.24, 2.45) is 5.73 Å². The molecule has 1 aromatic heterocycles. The first kappa shape index (κ1) is 18.3. The van der Waals surface area contributed by atoms with Crippen molar-refractivity contribution in [3.05, 3.63) is 76.3 Å². The summed E-state index contributed by atoms with van der Waals surface area (Å²) >= 11 is 0. The van der Waals surface area contributed by atoms with E-state index in [2.05, 4.69) is 15.3 Å². The molecule has 0 aliphatic carbocycles. The SMILES string of the molecule is CN(Cc1nc2ccccc2c(=O)[nH]1)[C@H](C(=O)NC(N)=O)c1ccccc1. The molecule has 0 bridgehead atoms. The minimum atomic E-state index is -0.924. The first-order valence-electron chi connectivity index (χ1n) is 8.29. The Kier molecular flexibility index (Phi) is 5.28. The highest BCUT2D eigenvalue weighted by Crippen LogP contribution is 2.21. The zero-order valence-electron chi connectivity index (χ0n) is 14.7. The van der Waals surface area contributed by atoms with Gasteiger partial charge >= 0.3 is 6.03 Å². The first-order valence-corrected chi connectivity index (χ1v) is 8.29. The van der Waals surface area contributed by atoms with Gasteiger partial charge < -0.3 is 10.7 Å². The molecule has 3 aromatic rings. The molecule has 0 fully saturated rings. The van der Waals surface area contributed by atoms with Gasteiger partial charge in [0.25, 0.3) is 5.56 Å². The van der Waals surface area contributed by atoms with Gasteiger partial charge in [-0.1, -0.05) is 42.5 Å². The molecule has 0 radical (unpaired) electrons. The van der Waals surface area contributed by atoms with Gasteiger partial charge in [0.15, 0.2) is 0 Å². The third kappa shape index (κ3) is 4.18. The number of urea groups is 1. The van der Waals surface area contributed by atoms with E-state index in [0.29, 0.717) is 22.3 Å². The smallest absolute Gasteiger partial charge is 0.318 e. The summed E-state index contributed by atoms with van der Waals surface area (Å²) in [5.41, 5.74) is 6.10. The number of imide groups is 1. The number of amides is 3. The lowest BCUT2D eigenvalue weighted by Crippen LogP contribution is -2.43. The van der Waals surface area contributed by atoms with Gasteiger partial charge in [-0.3, -0.25) is 19.8 Å². The molecular formula is C19H19N5O3. The molecule has 8 nitrogen and oxygen atoms in total. The number of H-pyrrole nitrogens is 1. The van der Waals surface area contributed by atoms with Gasteiger partial charge in [0.2, 0.25) is 5.91 Å². The van der Waals surface area contributed by atoms with Crippen LogP contribution in [0.15, 0.2) is 59.4 Å². The fourth-order valence-electron chi connectivity index (χ4n) is 2.97. The molecule has 1 atom stereocenters. The molecule has 0 saturated heterocycles. The summed E-state index contributed by atoms with van der Waals surface area (Å²) in [5.74, 6) is -0.145. The van der Waals surface area contributed by atoms with Gasteiger partial charge in [-0.05, 0) is 24.7 Å². The van der Waals surface area contributed by atoms with Crippen LogP contribution in [-0.2, 0) is 11.3 Å². The van der Waals surface area contributed by atoms with E-state index in [0.717, 1.165) is 0 Å². The molecule has 0 unspecified atom stereocenters. The summed E-state index contributed by atoms with van der Waals surface area (Å²) in [5, 5.41) is 2.61. The third-order valence-corrected chi connectivity index (χ3v) is 4.11. The molecule has 2 aromatic carbocycles. The normalized spacial score (nSPS) is 12.1. The Hall–Kier alpha value is -3.52. The van der Waals surface area contributed by atoms with Crippen LogP contribution in [0.5, 0.6) is 0 Å². The number of hydrogen-bond acceptors (Lipinski definition) is 5. The van der Waals surface area contributed by atoms with Crippen LogP contribution in [0.2, 0.25) is 0 Å². The van der Waals surface area contributed by atoms with Crippen molar-refractivity contribution in [3.8, 4) is 0 Å². The molecular weight excluding hydrogens is 346 g/mol. The van der Waals surface area contributed by atoms with Crippen molar-refractivity contribution in [3.63, 3.8) is 0 Å². The third-order valence-electron chi connectivity index (χ3n) is 4.11. The number of rotatable bonds is 5. The highest BCUT2D eigenvalue weighted by Gasteiger charge is 2.26. The number of likely N-dealkylation sites (N-methyl/N-ethyl adjacent to an activating group) is 1. The Morgan fingerprint density at radius 1 is 1.15 bits per heavy atom. The molecule has 3 amide bonds. The minimum Gasteiger partial charge on any atom is -0.351 e. The predicted octanol–water partition coefficient (Wildman–Crippen LogP) is 1.29. The molecule has 1 heterocycles. The largest absolute Gasteiger partial charge is 0.351 e. The summed E-state index contributed by atoms with van der Waals surface area (Å²) in [4.78, 5) is 44.8. The second-order valence-corrected chi connectivity index (χ2v) is 6.11. The van der Waals surface area contributed by atoms with Crippen LogP contribution in [0.1, 0.15) is 17.4 Å². The van der Waals surface area contributed by atoms with Crippen LogP contribution in [0.25, 0.3) is 10.9 Å². The number of fused-ring (bicyclic) bond motifs is 1. The zero-order valence-corrected chi connectivity index (χ0v) is 14.7. The molecule has 0 saturated carbocycles. The number of carbonyl (C=O) groups excluding carboxylic acids is 2. The van der Waals surface area contributed by atoms with Crippen molar-refractivity contribution in [2.75, 3.05) is 7.05 Å². The molecule has 0 aliphatic rings. The number of hydrogen-bond donors (Lipinski definition) is 3. The van der Waals surface area contributed by atoms with Gasteiger partial charge in [0.1, 0.15) is 11.9 Å². The number of carbonyl (C=O) groups is 2. The number of nitrogens with zero attached hydrogens (tertiary/aromatic N) is 2. The van der Waals surface area contributed by atoms with Crippen LogP contribution in [0.4, 0.5) is 4.79 Å². The zero-order chi connectivity index (χ0) is 19.4. The Labute approximate surface area is 155 Å². The van der Waals surface area contributed by atoms with Crippen LogP contribution < -0.4 is 16.6 Å². The maximum atomic E-state index is 12.5. The molecule has 8 heteroatoms. The van der Waals surface area contributed by atoms with Crippen molar-refractivity contribution < 1.29 is 9.59 Å². The average Bonchev–Trinajstić information content (AvgIpc) is 2.62. The number of aromatic amines is 1. The lowest BCUT2D eigenvalue weighted by Gasteiger charge is -2.26. The summed E-state index contributed by atoms with van der Waals surface area (Å²) in [6, 6.07) is 14.3. The Morgan fingerprint density at radius 3 is 2.52 bits per heavy atom. The second-order valence-electron chi connectivity index (χ2n) is 6.11. The summed E-state index contributed by atoms with van der Waals surface area (Å²) in [6.45, 7) is 0.186. The lowest BCUT2D eigenvalue weighted by atomic mass is 10.0. The topological polar surface area (TPSA) is 121 Å². The maximum absolute atomic E-state index is 12.5. The van der Waals surface area contributed by atoms with Crippen molar-refractivity contribution in [1.29, 1.82) is 0 Å².